The largest absolute Gasteiger partial charge is 0.477 e. The van der Waals surface area contributed by atoms with Crippen LogP contribution < -0.4 is 5.32 Å². The van der Waals surface area contributed by atoms with E-state index in [0.29, 0.717) is 11.4 Å². The van der Waals surface area contributed by atoms with Gasteiger partial charge in [-0.25, -0.2) is 4.79 Å². The summed E-state index contributed by atoms with van der Waals surface area (Å²) >= 11 is 1.32. The smallest absolute Gasteiger partial charge is 0.345 e. The molecule has 17 heavy (non-hydrogen) atoms. The fourth-order valence-electron chi connectivity index (χ4n) is 1.94. The fourth-order valence-corrected chi connectivity index (χ4v) is 2.73. The number of hydrogen-bond donors (Lipinski definition) is 2. The van der Waals surface area contributed by atoms with E-state index in [0.717, 1.165) is 17.9 Å². The van der Waals surface area contributed by atoms with Crippen molar-refractivity contribution in [1.29, 1.82) is 0 Å². The van der Waals surface area contributed by atoms with Gasteiger partial charge in [-0.05, 0) is 32.4 Å². The lowest BCUT2D eigenvalue weighted by Crippen LogP contribution is -2.47. The third-order valence-corrected chi connectivity index (χ3v) is 4.50. The Morgan fingerprint density at radius 2 is 2.47 bits per heavy atom. The van der Waals surface area contributed by atoms with Crippen LogP contribution in [0.2, 0.25) is 0 Å². The first kappa shape index (κ1) is 12.5. The van der Waals surface area contributed by atoms with Crippen molar-refractivity contribution in [2.75, 3.05) is 6.61 Å². The predicted molar refractivity (Wildman–Crippen MR) is 66.6 cm³/mol. The van der Waals surface area contributed by atoms with E-state index in [4.69, 9.17) is 9.84 Å². The summed E-state index contributed by atoms with van der Waals surface area (Å²) in [7, 11) is 0. The lowest BCUT2D eigenvalue weighted by molar-refractivity contribution is 0.0702. The van der Waals surface area contributed by atoms with E-state index in [2.05, 4.69) is 19.2 Å². The van der Waals surface area contributed by atoms with Crippen molar-refractivity contribution < 1.29 is 14.6 Å². The quantitative estimate of drug-likeness (QED) is 0.865. The Hall–Kier alpha value is -0.910. The molecular formula is C12H17NO3S. The van der Waals surface area contributed by atoms with Gasteiger partial charge in [0.05, 0.1) is 6.10 Å². The predicted octanol–water partition coefficient (Wildman–Crippen LogP) is 2.10. The standard InChI is InChI=1S/C12H17NO3S/c1-8-12(2,5-6-16-8)13-7-9-3-4-10(17-9)11(14)15/h3-4,8,13H,5-7H2,1-2H3,(H,14,15). The molecular weight excluding hydrogens is 238 g/mol. The van der Waals surface area contributed by atoms with Gasteiger partial charge in [0.15, 0.2) is 0 Å². The summed E-state index contributed by atoms with van der Waals surface area (Å²) in [5.74, 6) is -0.856. The Morgan fingerprint density at radius 3 is 3.00 bits per heavy atom. The molecule has 0 aromatic carbocycles. The number of carbonyl (C=O) groups is 1. The first-order valence-corrected chi connectivity index (χ1v) is 6.51. The molecule has 1 aliphatic heterocycles. The molecule has 0 saturated carbocycles. The second kappa shape index (κ2) is 4.76. The van der Waals surface area contributed by atoms with E-state index in [9.17, 15) is 4.79 Å². The highest BCUT2D eigenvalue weighted by atomic mass is 32.1. The lowest BCUT2D eigenvalue weighted by atomic mass is 9.95. The summed E-state index contributed by atoms with van der Waals surface area (Å²) < 4.78 is 5.55. The second-order valence-electron chi connectivity index (χ2n) is 4.61. The number of nitrogens with one attached hydrogen (secondary N) is 1. The maximum Gasteiger partial charge on any atom is 0.345 e. The van der Waals surface area contributed by atoms with Crippen LogP contribution in [0.3, 0.4) is 0 Å². The second-order valence-corrected chi connectivity index (χ2v) is 5.77. The van der Waals surface area contributed by atoms with Crippen LogP contribution in [0.1, 0.15) is 34.8 Å². The topological polar surface area (TPSA) is 58.6 Å². The molecule has 94 valence electrons. The molecule has 1 aliphatic rings. The minimum Gasteiger partial charge on any atom is -0.477 e. The van der Waals surface area contributed by atoms with Crippen LogP contribution in [0.15, 0.2) is 12.1 Å². The van der Waals surface area contributed by atoms with Crippen molar-refractivity contribution in [2.24, 2.45) is 0 Å². The highest BCUT2D eigenvalue weighted by molar-refractivity contribution is 7.13. The van der Waals surface area contributed by atoms with E-state index >= 15 is 0 Å². The van der Waals surface area contributed by atoms with Gasteiger partial charge in [0.1, 0.15) is 4.88 Å². The summed E-state index contributed by atoms with van der Waals surface area (Å²) in [5.41, 5.74) is -0.00657. The Morgan fingerprint density at radius 1 is 1.71 bits per heavy atom. The Balaban J connectivity index is 1.95. The van der Waals surface area contributed by atoms with Crippen LogP contribution in [0.25, 0.3) is 0 Å². The molecule has 0 aliphatic carbocycles. The van der Waals surface area contributed by atoms with E-state index in [1.807, 2.05) is 6.07 Å². The summed E-state index contributed by atoms with van der Waals surface area (Å²) in [4.78, 5) is 12.2. The van der Waals surface area contributed by atoms with Crippen LogP contribution in [0, 0.1) is 0 Å². The highest BCUT2D eigenvalue weighted by Crippen LogP contribution is 2.26. The third kappa shape index (κ3) is 2.68. The van der Waals surface area contributed by atoms with Crippen molar-refractivity contribution in [2.45, 2.75) is 38.5 Å². The maximum atomic E-state index is 10.8. The molecule has 1 fully saturated rings. The number of carboxylic acids is 1. The number of aromatic carboxylic acids is 1. The molecule has 4 nitrogen and oxygen atoms in total. The summed E-state index contributed by atoms with van der Waals surface area (Å²) in [6.07, 6.45) is 1.19. The molecule has 0 amide bonds. The zero-order chi connectivity index (χ0) is 12.5. The molecule has 0 spiro atoms. The summed E-state index contributed by atoms with van der Waals surface area (Å²) in [6, 6.07) is 3.52. The molecule has 1 aromatic rings. The molecule has 2 atom stereocenters. The Labute approximate surface area is 105 Å². The maximum absolute atomic E-state index is 10.8. The summed E-state index contributed by atoms with van der Waals surface area (Å²) in [5, 5.41) is 12.3. The number of ether oxygens (including phenoxy) is 1. The van der Waals surface area contributed by atoms with Crippen molar-refractivity contribution in [1.82, 2.24) is 5.32 Å². The number of carboxylic acid groups (broad SMARTS) is 1. The molecule has 2 unspecified atom stereocenters. The lowest BCUT2D eigenvalue weighted by Gasteiger charge is -2.28. The monoisotopic (exact) mass is 255 g/mol. The summed E-state index contributed by atoms with van der Waals surface area (Å²) in [6.45, 7) is 5.70. The molecule has 2 N–H and O–H groups in total. The fraction of sp³-hybridized carbons (Fsp3) is 0.583. The van der Waals surface area contributed by atoms with Crippen molar-refractivity contribution >= 4 is 17.3 Å². The average molecular weight is 255 g/mol. The molecule has 5 heteroatoms. The Bertz CT molecular complexity index is 418. The third-order valence-electron chi connectivity index (χ3n) is 3.43. The van der Waals surface area contributed by atoms with Gasteiger partial charge in [-0.3, -0.25) is 0 Å². The Kier molecular flexibility index (Phi) is 3.51. The van der Waals surface area contributed by atoms with Crippen LogP contribution in [0.4, 0.5) is 0 Å². The van der Waals surface area contributed by atoms with E-state index < -0.39 is 5.97 Å². The SMILES string of the molecule is CC1OCCC1(C)NCc1ccc(C(=O)O)s1. The average Bonchev–Trinajstić information content (AvgIpc) is 2.85. The zero-order valence-electron chi connectivity index (χ0n) is 10.0. The molecule has 1 saturated heterocycles. The number of rotatable bonds is 4. The zero-order valence-corrected chi connectivity index (χ0v) is 10.8. The van der Waals surface area contributed by atoms with Gasteiger partial charge < -0.3 is 15.2 Å². The molecule has 2 rings (SSSR count). The van der Waals surface area contributed by atoms with Crippen molar-refractivity contribution in [3.63, 3.8) is 0 Å². The van der Waals surface area contributed by atoms with Gasteiger partial charge in [0.25, 0.3) is 0 Å². The minimum atomic E-state index is -0.856. The number of thiophene rings is 1. The van der Waals surface area contributed by atoms with Gasteiger partial charge in [0.2, 0.25) is 0 Å². The molecule has 1 aromatic heterocycles. The number of hydrogen-bond acceptors (Lipinski definition) is 4. The van der Waals surface area contributed by atoms with Crippen molar-refractivity contribution in [3.8, 4) is 0 Å². The van der Waals surface area contributed by atoms with E-state index in [-0.39, 0.29) is 11.6 Å². The van der Waals surface area contributed by atoms with Gasteiger partial charge in [-0.2, -0.15) is 0 Å². The molecule has 0 bridgehead atoms. The minimum absolute atomic E-state index is 0.00657. The molecule has 2 heterocycles. The van der Waals surface area contributed by atoms with Gasteiger partial charge >= 0.3 is 5.97 Å². The van der Waals surface area contributed by atoms with E-state index in [1.54, 1.807) is 6.07 Å². The first-order valence-electron chi connectivity index (χ1n) is 5.70. The van der Waals surface area contributed by atoms with Crippen LogP contribution in [-0.2, 0) is 11.3 Å². The van der Waals surface area contributed by atoms with Gasteiger partial charge in [-0.1, -0.05) is 0 Å². The van der Waals surface area contributed by atoms with Gasteiger partial charge in [-0.15, -0.1) is 11.3 Å². The van der Waals surface area contributed by atoms with Crippen molar-refractivity contribution in [3.05, 3.63) is 21.9 Å². The molecule has 0 radical (unpaired) electrons. The van der Waals surface area contributed by atoms with E-state index in [1.165, 1.54) is 11.3 Å². The van der Waals surface area contributed by atoms with Crippen LogP contribution >= 0.6 is 11.3 Å². The van der Waals surface area contributed by atoms with Crippen LogP contribution in [-0.4, -0.2) is 29.3 Å². The first-order chi connectivity index (χ1) is 8.01. The van der Waals surface area contributed by atoms with Gasteiger partial charge in [0, 0.05) is 23.6 Å². The highest BCUT2D eigenvalue weighted by Gasteiger charge is 2.36. The van der Waals surface area contributed by atoms with Crippen LogP contribution in [0.5, 0.6) is 0 Å². The normalized spacial score (nSPS) is 28.5.